The van der Waals surface area contributed by atoms with Crippen LogP contribution in [-0.4, -0.2) is 56.8 Å². The maximum absolute atomic E-state index is 11.7. The molecule has 3 heterocycles. The highest BCUT2D eigenvalue weighted by Gasteiger charge is 2.33. The molecule has 0 fully saturated rings. The molecule has 52 heavy (non-hydrogen) atoms. The Hall–Kier alpha value is -3.59. The number of hydrogen-bond donors (Lipinski definition) is 2. The Morgan fingerprint density at radius 1 is 0.923 bits per heavy atom. The second-order valence-electron chi connectivity index (χ2n) is 14.5. The predicted molar refractivity (Wildman–Crippen MR) is 213 cm³/mol. The summed E-state index contributed by atoms with van der Waals surface area (Å²) in [6.07, 6.45) is 8.20. The van der Waals surface area contributed by atoms with E-state index in [0.717, 1.165) is 62.0 Å². The molecule has 0 saturated carbocycles. The van der Waals surface area contributed by atoms with Crippen molar-refractivity contribution in [1.29, 1.82) is 0 Å². The summed E-state index contributed by atoms with van der Waals surface area (Å²) >= 11 is 3.35. The van der Waals surface area contributed by atoms with Gasteiger partial charge in [0.05, 0.1) is 27.9 Å². The summed E-state index contributed by atoms with van der Waals surface area (Å²) in [5, 5.41) is 4.27. The van der Waals surface area contributed by atoms with Crippen LogP contribution in [0.4, 0.5) is 11.4 Å². The monoisotopic (exact) mass is 778 g/mol. The highest BCUT2D eigenvalue weighted by Crippen LogP contribution is 2.49. The second kappa shape index (κ2) is 14.3. The zero-order chi connectivity index (χ0) is 36.8. The van der Waals surface area contributed by atoms with Crippen LogP contribution in [-0.2, 0) is 20.2 Å². The fraction of sp³-hybridized carbons (Fsp3) is 0.333. The minimum Gasteiger partial charge on any atom is -0.465 e. The summed E-state index contributed by atoms with van der Waals surface area (Å²) in [7, 11) is -8.20. The lowest BCUT2D eigenvalue weighted by Gasteiger charge is -2.32. The van der Waals surface area contributed by atoms with Crippen molar-refractivity contribution >= 4 is 64.8 Å². The number of hydrogen-bond acceptors (Lipinski definition) is 9. The molecular weight excluding hydrogens is 737 g/mol. The van der Waals surface area contributed by atoms with Crippen molar-refractivity contribution in [3.05, 3.63) is 106 Å². The molecule has 274 valence electrons. The van der Waals surface area contributed by atoms with Gasteiger partial charge in [0, 0.05) is 28.1 Å². The lowest BCUT2D eigenvalue weighted by atomic mass is 9.75. The van der Waals surface area contributed by atoms with E-state index in [1.165, 1.54) is 10.1 Å². The average molecular weight is 779 g/mol. The topological polar surface area (TPSA) is 124 Å². The van der Waals surface area contributed by atoms with E-state index < -0.39 is 26.5 Å². The molecule has 13 heteroatoms. The SMILES string of the molecule is Cc1ccc2c(c1)N(CCCS(=O)(=O)O)C(=CC1=CC(=CC3Oc4ccc(-c5cccc6sccc56)cc4N3CCCS(=O)(=O)O)CC(C)(C)C1)S2. The first-order chi connectivity index (χ1) is 24.6. The standard InChI is InChI=1S/C39H42N2O7S4/c1-26-9-12-36-33(19-26)41(15-6-18-52(45,46)47)38(50-36)22-28-20-27(24-39(2,3)25-28)21-37-40(14-5-17-51(42,43)44)32-23-29(10-11-34(32)48-37)30-7-4-8-35-31(30)13-16-49-35/h4,7-13,16,19-23,37H,5-6,14-15,17-18,24-25H2,1-3H3,(H,42,43,44)(H,45,46,47). The molecule has 1 atom stereocenters. The Bertz CT molecular complexity index is 2340. The number of thioether (sulfide) groups is 1. The third-order valence-electron chi connectivity index (χ3n) is 9.50. The van der Waals surface area contributed by atoms with Gasteiger partial charge in [-0.15, -0.1) is 11.3 Å². The molecule has 1 unspecified atom stereocenters. The molecule has 9 nitrogen and oxygen atoms in total. The first-order valence-corrected chi connectivity index (χ1v) is 22.2. The predicted octanol–water partition coefficient (Wildman–Crippen LogP) is 9.08. The molecule has 4 aromatic rings. The number of anilines is 2. The molecule has 1 aromatic heterocycles. The third kappa shape index (κ3) is 8.45. The van der Waals surface area contributed by atoms with Gasteiger partial charge in [0.1, 0.15) is 5.75 Å². The Kier molecular flexibility index (Phi) is 10.1. The van der Waals surface area contributed by atoms with Crippen LogP contribution in [0.1, 0.15) is 45.1 Å². The second-order valence-corrected chi connectivity index (χ2v) is 19.6. The molecule has 0 spiro atoms. The normalized spacial score (nSPS) is 20.0. The molecular formula is C39H42N2O7S4. The van der Waals surface area contributed by atoms with Crippen LogP contribution in [0.2, 0.25) is 0 Å². The number of thiophene rings is 1. The summed E-state index contributed by atoms with van der Waals surface area (Å²) in [5.74, 6) is 0.0642. The van der Waals surface area contributed by atoms with Gasteiger partial charge in [-0.1, -0.05) is 56.0 Å². The fourth-order valence-electron chi connectivity index (χ4n) is 7.38. The number of ether oxygens (including phenoxy) is 1. The quantitative estimate of drug-likeness (QED) is 0.143. The van der Waals surface area contributed by atoms with E-state index in [-0.39, 0.29) is 29.8 Å². The smallest absolute Gasteiger partial charge is 0.264 e. The van der Waals surface area contributed by atoms with Gasteiger partial charge in [0.2, 0.25) is 0 Å². The van der Waals surface area contributed by atoms with Crippen molar-refractivity contribution in [3.8, 4) is 16.9 Å². The molecule has 0 amide bonds. The number of allylic oxidation sites excluding steroid dienone is 4. The van der Waals surface area contributed by atoms with E-state index in [0.29, 0.717) is 18.8 Å². The van der Waals surface area contributed by atoms with E-state index >= 15 is 0 Å². The number of fused-ring (bicyclic) bond motifs is 3. The van der Waals surface area contributed by atoms with E-state index in [1.54, 1.807) is 23.1 Å². The van der Waals surface area contributed by atoms with E-state index in [1.807, 2.05) is 13.0 Å². The van der Waals surface area contributed by atoms with Gasteiger partial charge < -0.3 is 14.5 Å². The number of aryl methyl sites for hydroxylation is 1. The highest BCUT2D eigenvalue weighted by molar-refractivity contribution is 8.03. The van der Waals surface area contributed by atoms with Crippen LogP contribution >= 0.6 is 23.1 Å². The Morgan fingerprint density at radius 3 is 2.46 bits per heavy atom. The summed E-state index contributed by atoms with van der Waals surface area (Å²) in [5.41, 5.74) is 7.33. The minimum atomic E-state index is -4.13. The molecule has 2 aliphatic heterocycles. The van der Waals surface area contributed by atoms with Crippen molar-refractivity contribution < 1.29 is 30.7 Å². The Balaban J connectivity index is 1.21. The number of rotatable bonds is 11. The van der Waals surface area contributed by atoms with Gasteiger partial charge in [0.15, 0.2) is 6.23 Å². The first kappa shape index (κ1) is 36.8. The highest BCUT2D eigenvalue weighted by atomic mass is 32.2. The van der Waals surface area contributed by atoms with Crippen molar-refractivity contribution in [1.82, 2.24) is 0 Å². The number of nitrogens with zero attached hydrogens (tertiary/aromatic N) is 2. The van der Waals surface area contributed by atoms with Gasteiger partial charge in [-0.05, 0) is 120 Å². The van der Waals surface area contributed by atoms with Crippen LogP contribution in [0.15, 0.2) is 105 Å². The maximum atomic E-state index is 11.7. The lowest BCUT2D eigenvalue weighted by Crippen LogP contribution is -2.35. The zero-order valence-electron chi connectivity index (χ0n) is 29.3. The van der Waals surface area contributed by atoms with Crippen molar-refractivity contribution in [3.63, 3.8) is 0 Å². The van der Waals surface area contributed by atoms with Crippen LogP contribution in [0.3, 0.4) is 0 Å². The molecule has 3 aliphatic rings. The molecule has 3 aromatic carbocycles. The van der Waals surface area contributed by atoms with E-state index in [9.17, 15) is 25.9 Å². The number of benzene rings is 3. The molecule has 0 radical (unpaired) electrons. The van der Waals surface area contributed by atoms with Crippen molar-refractivity contribution in [2.75, 3.05) is 34.4 Å². The van der Waals surface area contributed by atoms with Crippen LogP contribution in [0.25, 0.3) is 21.2 Å². The van der Waals surface area contributed by atoms with Crippen molar-refractivity contribution in [2.24, 2.45) is 5.41 Å². The Morgan fingerprint density at radius 2 is 1.69 bits per heavy atom. The van der Waals surface area contributed by atoms with Crippen LogP contribution in [0, 0.1) is 12.3 Å². The average Bonchev–Trinajstić information content (AvgIpc) is 3.75. The summed E-state index contributed by atoms with van der Waals surface area (Å²) in [6.45, 7) is 7.32. The summed E-state index contributed by atoms with van der Waals surface area (Å²) in [4.78, 5) is 5.33. The zero-order valence-corrected chi connectivity index (χ0v) is 32.5. The summed E-state index contributed by atoms with van der Waals surface area (Å²) in [6, 6.07) is 20.8. The minimum absolute atomic E-state index is 0.0663. The van der Waals surface area contributed by atoms with Gasteiger partial charge in [-0.2, -0.15) is 16.8 Å². The van der Waals surface area contributed by atoms with E-state index in [4.69, 9.17) is 4.74 Å². The maximum Gasteiger partial charge on any atom is 0.264 e. The molecule has 1 aliphatic carbocycles. The third-order valence-corrected chi connectivity index (χ3v) is 13.1. The first-order valence-electron chi connectivity index (χ1n) is 17.2. The van der Waals surface area contributed by atoms with Crippen molar-refractivity contribution in [2.45, 2.75) is 57.6 Å². The molecule has 0 bridgehead atoms. The van der Waals surface area contributed by atoms with Gasteiger partial charge in [-0.25, -0.2) is 0 Å². The van der Waals surface area contributed by atoms with Gasteiger partial charge in [-0.3, -0.25) is 9.11 Å². The molecule has 7 rings (SSSR count). The molecule has 0 saturated heterocycles. The largest absolute Gasteiger partial charge is 0.465 e. The lowest BCUT2D eigenvalue weighted by molar-refractivity contribution is 0.269. The van der Waals surface area contributed by atoms with Crippen LogP contribution < -0.4 is 14.5 Å². The van der Waals surface area contributed by atoms with Gasteiger partial charge in [0.25, 0.3) is 20.2 Å². The van der Waals surface area contributed by atoms with Crippen LogP contribution in [0.5, 0.6) is 5.75 Å². The van der Waals surface area contributed by atoms with Gasteiger partial charge >= 0.3 is 0 Å². The van der Waals surface area contributed by atoms with E-state index in [2.05, 4.69) is 102 Å². The fourth-order valence-corrected chi connectivity index (χ4v) is 10.3. The molecule has 2 N–H and O–H groups in total. The Labute approximate surface area is 314 Å². The summed E-state index contributed by atoms with van der Waals surface area (Å²) < 4.78 is 73.1.